The molecule has 2 atom stereocenters. The quantitative estimate of drug-likeness (QED) is 0.640. The second kappa shape index (κ2) is 7.90. The fraction of sp³-hybridized carbons (Fsp3) is 0.562. The van der Waals surface area contributed by atoms with E-state index in [0.29, 0.717) is 19.8 Å². The van der Waals surface area contributed by atoms with Crippen LogP contribution in [-0.4, -0.2) is 25.7 Å². The van der Waals surface area contributed by atoms with Gasteiger partial charge in [0.25, 0.3) is 0 Å². The molecule has 0 aliphatic heterocycles. The van der Waals surface area contributed by atoms with Crippen LogP contribution in [0, 0.1) is 11.8 Å². The largest absolute Gasteiger partial charge is 0.490 e. The van der Waals surface area contributed by atoms with Crippen molar-refractivity contribution in [2.24, 2.45) is 17.6 Å². The number of esters is 1. The molecule has 2 unspecified atom stereocenters. The molecule has 0 spiro atoms. The molecule has 0 aromatic heterocycles. The number of benzene rings is 1. The van der Waals surface area contributed by atoms with E-state index in [2.05, 4.69) is 0 Å². The van der Waals surface area contributed by atoms with Crippen molar-refractivity contribution in [3.63, 3.8) is 0 Å². The van der Waals surface area contributed by atoms with E-state index < -0.39 is 0 Å². The number of hydrogen-bond donors (Lipinski definition) is 1. The predicted molar refractivity (Wildman–Crippen MR) is 77.4 cm³/mol. The van der Waals surface area contributed by atoms with E-state index in [-0.39, 0.29) is 17.8 Å². The topological polar surface area (TPSA) is 61.6 Å². The number of rotatable bonds is 6. The van der Waals surface area contributed by atoms with Crippen LogP contribution in [0.2, 0.25) is 0 Å². The summed E-state index contributed by atoms with van der Waals surface area (Å²) in [6.45, 7) is 1.25. The van der Waals surface area contributed by atoms with Crippen LogP contribution in [0.1, 0.15) is 25.7 Å². The first kappa shape index (κ1) is 14.9. The average Bonchev–Trinajstić information content (AvgIpc) is 2.52. The fourth-order valence-corrected chi connectivity index (χ4v) is 2.73. The summed E-state index contributed by atoms with van der Waals surface area (Å²) in [7, 11) is 0. The highest BCUT2D eigenvalue weighted by molar-refractivity contribution is 5.73. The minimum Gasteiger partial charge on any atom is -0.490 e. The highest BCUT2D eigenvalue weighted by atomic mass is 16.6. The number of para-hydroxylation sites is 1. The lowest BCUT2D eigenvalue weighted by Crippen LogP contribution is -2.34. The summed E-state index contributed by atoms with van der Waals surface area (Å²) in [5.74, 6) is 0.939. The van der Waals surface area contributed by atoms with Crippen molar-refractivity contribution < 1.29 is 14.3 Å². The molecule has 1 aromatic rings. The van der Waals surface area contributed by atoms with Gasteiger partial charge in [0.15, 0.2) is 0 Å². The Morgan fingerprint density at radius 3 is 2.65 bits per heavy atom. The molecule has 20 heavy (non-hydrogen) atoms. The van der Waals surface area contributed by atoms with Gasteiger partial charge in [-0.2, -0.15) is 0 Å². The van der Waals surface area contributed by atoms with E-state index >= 15 is 0 Å². The minimum absolute atomic E-state index is 0.0227. The molecule has 1 saturated carbocycles. The second-order valence-corrected chi connectivity index (χ2v) is 5.22. The van der Waals surface area contributed by atoms with E-state index in [9.17, 15) is 4.79 Å². The number of ether oxygens (including phenoxy) is 2. The summed E-state index contributed by atoms with van der Waals surface area (Å²) in [5.41, 5.74) is 5.73. The van der Waals surface area contributed by atoms with Gasteiger partial charge < -0.3 is 15.2 Å². The molecule has 2 N–H and O–H groups in total. The Bertz CT molecular complexity index is 407. The molecular formula is C16H23NO3. The number of hydrogen-bond acceptors (Lipinski definition) is 4. The second-order valence-electron chi connectivity index (χ2n) is 5.22. The molecule has 0 heterocycles. The van der Waals surface area contributed by atoms with Gasteiger partial charge in [0.1, 0.15) is 19.0 Å². The van der Waals surface area contributed by atoms with Gasteiger partial charge in [0.05, 0.1) is 5.92 Å². The van der Waals surface area contributed by atoms with Crippen LogP contribution in [-0.2, 0) is 9.53 Å². The van der Waals surface area contributed by atoms with Crippen LogP contribution in [0.3, 0.4) is 0 Å². The molecular weight excluding hydrogens is 254 g/mol. The summed E-state index contributed by atoms with van der Waals surface area (Å²) < 4.78 is 10.8. The first-order valence-corrected chi connectivity index (χ1v) is 7.36. The Hall–Kier alpha value is -1.55. The van der Waals surface area contributed by atoms with Gasteiger partial charge in [-0.3, -0.25) is 4.79 Å². The van der Waals surface area contributed by atoms with E-state index in [4.69, 9.17) is 15.2 Å². The maximum atomic E-state index is 12.0. The van der Waals surface area contributed by atoms with Gasteiger partial charge in [-0.25, -0.2) is 0 Å². The molecule has 0 amide bonds. The molecule has 1 fully saturated rings. The first-order valence-electron chi connectivity index (χ1n) is 7.36. The van der Waals surface area contributed by atoms with Gasteiger partial charge in [0, 0.05) is 0 Å². The lowest BCUT2D eigenvalue weighted by molar-refractivity contribution is -0.152. The highest BCUT2D eigenvalue weighted by Crippen LogP contribution is 2.30. The molecule has 2 rings (SSSR count). The lowest BCUT2D eigenvalue weighted by Gasteiger charge is -2.28. The van der Waals surface area contributed by atoms with Crippen molar-refractivity contribution in [2.45, 2.75) is 25.7 Å². The zero-order valence-corrected chi connectivity index (χ0v) is 11.8. The van der Waals surface area contributed by atoms with Crippen LogP contribution in [0.25, 0.3) is 0 Å². The SMILES string of the molecule is NCC1CCCCC1C(=O)OCCOc1ccccc1. The summed E-state index contributed by atoms with van der Waals surface area (Å²) in [5, 5.41) is 0. The zero-order valence-electron chi connectivity index (χ0n) is 11.8. The maximum Gasteiger partial charge on any atom is 0.309 e. The Balaban J connectivity index is 1.69. The van der Waals surface area contributed by atoms with Crippen molar-refractivity contribution in [1.82, 2.24) is 0 Å². The fourth-order valence-electron chi connectivity index (χ4n) is 2.73. The Kier molecular flexibility index (Phi) is 5.87. The van der Waals surface area contributed by atoms with Crippen LogP contribution < -0.4 is 10.5 Å². The van der Waals surface area contributed by atoms with Gasteiger partial charge in [-0.05, 0) is 37.4 Å². The van der Waals surface area contributed by atoms with E-state index in [1.807, 2.05) is 30.3 Å². The van der Waals surface area contributed by atoms with E-state index in [0.717, 1.165) is 25.0 Å². The van der Waals surface area contributed by atoms with Gasteiger partial charge in [-0.1, -0.05) is 31.0 Å². The van der Waals surface area contributed by atoms with Gasteiger partial charge in [-0.15, -0.1) is 0 Å². The first-order chi connectivity index (χ1) is 9.81. The third-order valence-corrected chi connectivity index (χ3v) is 3.85. The zero-order chi connectivity index (χ0) is 14.2. The molecule has 110 valence electrons. The van der Waals surface area contributed by atoms with Crippen molar-refractivity contribution >= 4 is 5.97 Å². The average molecular weight is 277 g/mol. The van der Waals surface area contributed by atoms with Crippen molar-refractivity contribution in [3.05, 3.63) is 30.3 Å². The minimum atomic E-state index is -0.114. The van der Waals surface area contributed by atoms with E-state index in [1.165, 1.54) is 6.42 Å². The maximum absolute atomic E-state index is 12.0. The molecule has 4 nitrogen and oxygen atoms in total. The monoisotopic (exact) mass is 277 g/mol. The summed E-state index contributed by atoms with van der Waals surface area (Å²) in [6, 6.07) is 9.52. The standard InChI is InChI=1S/C16H23NO3/c17-12-13-6-4-5-9-15(13)16(18)20-11-10-19-14-7-2-1-3-8-14/h1-3,7-8,13,15H,4-6,9-12,17H2. The Morgan fingerprint density at radius 2 is 1.90 bits per heavy atom. The normalized spacial score (nSPS) is 22.2. The van der Waals surface area contributed by atoms with Crippen molar-refractivity contribution in [3.8, 4) is 5.75 Å². The molecule has 0 saturated heterocycles. The molecule has 1 aromatic carbocycles. The van der Waals surface area contributed by atoms with E-state index in [1.54, 1.807) is 0 Å². The van der Waals surface area contributed by atoms with Crippen LogP contribution in [0.5, 0.6) is 5.75 Å². The predicted octanol–water partition coefficient (Wildman–Crippen LogP) is 2.37. The summed E-state index contributed by atoms with van der Waals surface area (Å²) in [4.78, 5) is 12.0. The highest BCUT2D eigenvalue weighted by Gasteiger charge is 2.30. The van der Waals surface area contributed by atoms with Crippen molar-refractivity contribution in [2.75, 3.05) is 19.8 Å². The van der Waals surface area contributed by atoms with Gasteiger partial charge in [0.2, 0.25) is 0 Å². The molecule has 1 aliphatic carbocycles. The van der Waals surface area contributed by atoms with Gasteiger partial charge >= 0.3 is 5.97 Å². The van der Waals surface area contributed by atoms with Crippen LogP contribution >= 0.6 is 0 Å². The summed E-state index contributed by atoms with van der Waals surface area (Å²) in [6.07, 6.45) is 4.20. The molecule has 1 aliphatic rings. The smallest absolute Gasteiger partial charge is 0.309 e. The van der Waals surface area contributed by atoms with Crippen molar-refractivity contribution in [1.29, 1.82) is 0 Å². The Morgan fingerprint density at radius 1 is 1.15 bits per heavy atom. The number of carbonyl (C=O) groups excluding carboxylic acids is 1. The van der Waals surface area contributed by atoms with Crippen LogP contribution in [0.15, 0.2) is 30.3 Å². The lowest BCUT2D eigenvalue weighted by atomic mass is 9.79. The Labute approximate surface area is 120 Å². The summed E-state index contributed by atoms with van der Waals surface area (Å²) >= 11 is 0. The number of nitrogens with two attached hydrogens (primary N) is 1. The van der Waals surface area contributed by atoms with Crippen LogP contribution in [0.4, 0.5) is 0 Å². The third-order valence-electron chi connectivity index (χ3n) is 3.85. The number of carbonyl (C=O) groups is 1. The molecule has 0 bridgehead atoms. The third kappa shape index (κ3) is 4.23. The molecule has 0 radical (unpaired) electrons. The molecule has 4 heteroatoms.